The third kappa shape index (κ3) is 10.4. The summed E-state index contributed by atoms with van der Waals surface area (Å²) in [5.74, 6) is -4.04. The van der Waals surface area contributed by atoms with Gasteiger partial charge in [0.1, 0.15) is 0 Å². The van der Waals surface area contributed by atoms with Gasteiger partial charge in [0.15, 0.2) is 0 Å². The molecule has 1 N–H and O–H groups in total. The Bertz CT molecular complexity index is 777. The summed E-state index contributed by atoms with van der Waals surface area (Å²) in [7, 11) is -1.69. The summed E-state index contributed by atoms with van der Waals surface area (Å²) < 4.78 is 208. The average Bonchev–Trinajstić information content (AvgIpc) is 2.64. The molecule has 0 fully saturated rings. The van der Waals surface area contributed by atoms with Crippen LogP contribution < -0.4 is 4.72 Å². The van der Waals surface area contributed by atoms with Gasteiger partial charge in [-0.25, -0.2) is 21.9 Å². The number of hydrogen-bond acceptors (Lipinski definition) is 3. The molecule has 0 aromatic rings. The fraction of sp³-hybridized carbons (Fsp3) is 1.00. The van der Waals surface area contributed by atoms with Crippen molar-refractivity contribution in [1.82, 2.24) is 4.72 Å². The average molecular weight is 616 g/mol. The fourth-order valence-electron chi connectivity index (χ4n) is 3.34. The molecule has 0 amide bonds. The first-order valence-corrected chi connectivity index (χ1v) is 12.3. The number of halogens is 14. The molecule has 0 aromatic heterocycles. The van der Waals surface area contributed by atoms with E-state index in [1.807, 2.05) is 4.72 Å². The van der Waals surface area contributed by atoms with Gasteiger partial charge in [-0.1, -0.05) is 12.8 Å². The molecule has 0 bridgehead atoms. The molecule has 0 unspecified atom stereocenters. The summed E-state index contributed by atoms with van der Waals surface area (Å²) in [6.07, 6.45) is -36.4. The Morgan fingerprint density at radius 2 is 1.05 bits per heavy atom. The molecule has 20 heteroatoms. The van der Waals surface area contributed by atoms with Crippen LogP contribution in [0.5, 0.6) is 0 Å². The van der Waals surface area contributed by atoms with E-state index in [0.29, 0.717) is 0 Å². The molecule has 230 valence electrons. The maximum absolute atomic E-state index is 14.1. The third-order valence-electron chi connectivity index (χ3n) is 5.41. The minimum Gasteiger partial charge on any atom is -0.633 e. The van der Waals surface area contributed by atoms with Crippen LogP contribution in [-0.4, -0.2) is 82.0 Å². The molecule has 0 aliphatic heterocycles. The number of alkyl halides is 14. The Morgan fingerprint density at radius 3 is 1.37 bits per heavy atom. The van der Waals surface area contributed by atoms with Gasteiger partial charge < -0.3 is 9.85 Å². The molecule has 0 atom stereocenters. The second-order valence-electron chi connectivity index (χ2n) is 9.23. The molecular weight excluding hydrogens is 590 g/mol. The summed E-state index contributed by atoms with van der Waals surface area (Å²) in [6.45, 7) is -0.297. The highest BCUT2D eigenvalue weighted by Crippen LogP contribution is 2.55. The van der Waals surface area contributed by atoms with Crippen LogP contribution in [0, 0.1) is 11.1 Å². The van der Waals surface area contributed by atoms with E-state index in [9.17, 15) is 75.1 Å². The minimum absolute atomic E-state index is 0.0308. The van der Waals surface area contributed by atoms with Crippen LogP contribution in [0.4, 0.5) is 61.5 Å². The molecule has 5 nitrogen and oxygen atoms in total. The topological polar surface area (TPSA) is 69.2 Å². The number of sulfonamides is 1. The summed E-state index contributed by atoms with van der Waals surface area (Å²) in [6, 6.07) is 0. The SMILES string of the molecule is C[N+](C)([O-])CCCNS(=O)(=O)CCCCC(CC(F)(C(F)(F)F)C(F)(F)F)CC(F)(C(F)(F)F)C(F)(F)F. The van der Waals surface area contributed by atoms with Crippen molar-refractivity contribution in [2.24, 2.45) is 5.92 Å². The van der Waals surface area contributed by atoms with Gasteiger partial charge in [-0.05, 0) is 12.3 Å². The van der Waals surface area contributed by atoms with Crippen LogP contribution in [0.1, 0.15) is 38.5 Å². The number of nitrogens with one attached hydrogen (secondary N) is 1. The maximum atomic E-state index is 14.1. The summed E-state index contributed by atoms with van der Waals surface area (Å²) >= 11 is 0. The predicted octanol–water partition coefficient (Wildman–Crippen LogP) is 6.10. The van der Waals surface area contributed by atoms with Crippen LogP contribution in [-0.2, 0) is 10.0 Å². The Kier molecular flexibility index (Phi) is 11.8. The fourth-order valence-corrected chi connectivity index (χ4v) is 4.52. The van der Waals surface area contributed by atoms with E-state index in [1.54, 1.807) is 0 Å². The lowest BCUT2D eigenvalue weighted by Crippen LogP contribution is -2.57. The second kappa shape index (κ2) is 12.2. The Balaban J connectivity index is 5.75. The first kappa shape index (κ1) is 36.8. The molecule has 0 saturated heterocycles. The van der Waals surface area contributed by atoms with E-state index < -0.39 is 94.5 Å². The molecule has 0 rings (SSSR count). The first-order chi connectivity index (χ1) is 16.5. The van der Waals surface area contributed by atoms with Crippen molar-refractivity contribution in [2.75, 3.05) is 32.9 Å². The van der Waals surface area contributed by atoms with E-state index in [4.69, 9.17) is 0 Å². The standard InChI is InChI=1S/C18H26F14N2O3S/c1-34(2,35)8-5-7-33-38(36,37)9-4-3-6-12(10-13(19,15(21,22)23)16(24,25)26)11-14(20,17(27,28)29)18(30,31)32/h12,33H,3-11H2,1-2H3. The zero-order valence-electron chi connectivity index (χ0n) is 19.8. The number of rotatable bonds is 14. The highest BCUT2D eigenvalue weighted by Gasteiger charge is 2.75. The Labute approximate surface area is 208 Å². The minimum atomic E-state index is -6.83. The van der Waals surface area contributed by atoms with Gasteiger partial charge in [0, 0.05) is 25.8 Å². The van der Waals surface area contributed by atoms with Crippen LogP contribution in [0.2, 0.25) is 0 Å². The van der Waals surface area contributed by atoms with Crippen molar-refractivity contribution in [2.45, 2.75) is 74.6 Å². The van der Waals surface area contributed by atoms with E-state index in [0.717, 1.165) is 0 Å². The molecule has 0 heterocycles. The van der Waals surface area contributed by atoms with Crippen molar-refractivity contribution in [3.63, 3.8) is 0 Å². The number of hydrogen-bond donors (Lipinski definition) is 1. The Morgan fingerprint density at radius 1 is 0.684 bits per heavy atom. The van der Waals surface area contributed by atoms with Crippen molar-refractivity contribution >= 4 is 10.0 Å². The van der Waals surface area contributed by atoms with Gasteiger partial charge in [0.05, 0.1) is 26.4 Å². The molecule has 0 spiro atoms. The lowest BCUT2D eigenvalue weighted by molar-refractivity contribution is -0.840. The lowest BCUT2D eigenvalue weighted by atomic mass is 9.80. The van der Waals surface area contributed by atoms with Crippen molar-refractivity contribution < 1.29 is 74.5 Å². The summed E-state index contributed by atoms with van der Waals surface area (Å²) in [5, 5.41) is 11.4. The summed E-state index contributed by atoms with van der Waals surface area (Å²) in [4.78, 5) is 0. The van der Waals surface area contributed by atoms with E-state index in [2.05, 4.69) is 0 Å². The number of quaternary nitrogens is 1. The molecule has 0 radical (unpaired) electrons. The maximum Gasteiger partial charge on any atom is 0.431 e. The number of hydroxylamine groups is 3. The molecule has 0 aliphatic carbocycles. The van der Waals surface area contributed by atoms with Gasteiger partial charge in [0.2, 0.25) is 10.0 Å². The highest BCUT2D eigenvalue weighted by atomic mass is 32.2. The van der Waals surface area contributed by atoms with Crippen LogP contribution >= 0.6 is 0 Å². The number of nitrogens with zero attached hydrogens (tertiary/aromatic N) is 1. The normalized spacial score (nSPS) is 15.4. The van der Waals surface area contributed by atoms with E-state index in [1.165, 1.54) is 14.1 Å². The largest absolute Gasteiger partial charge is 0.633 e. The first-order valence-electron chi connectivity index (χ1n) is 10.7. The van der Waals surface area contributed by atoms with Gasteiger partial charge >= 0.3 is 24.7 Å². The Hall–Kier alpha value is -1.15. The van der Waals surface area contributed by atoms with Gasteiger partial charge in [0.25, 0.3) is 11.3 Å². The summed E-state index contributed by atoms with van der Waals surface area (Å²) in [5.41, 5.74) is -12.5. The second-order valence-corrected chi connectivity index (χ2v) is 11.2. The molecular formula is C18H26F14N2O3S. The van der Waals surface area contributed by atoms with Gasteiger partial charge in [-0.3, -0.25) is 0 Å². The van der Waals surface area contributed by atoms with Crippen LogP contribution in [0.3, 0.4) is 0 Å². The highest BCUT2D eigenvalue weighted by molar-refractivity contribution is 7.89. The lowest BCUT2D eigenvalue weighted by Gasteiger charge is -2.37. The van der Waals surface area contributed by atoms with E-state index >= 15 is 0 Å². The number of unbranched alkanes of at least 4 members (excludes halogenated alkanes) is 1. The van der Waals surface area contributed by atoms with Crippen LogP contribution in [0.15, 0.2) is 0 Å². The predicted molar refractivity (Wildman–Crippen MR) is 105 cm³/mol. The van der Waals surface area contributed by atoms with Gasteiger partial charge in [-0.15, -0.1) is 0 Å². The monoisotopic (exact) mass is 616 g/mol. The van der Waals surface area contributed by atoms with Crippen molar-refractivity contribution in [3.8, 4) is 0 Å². The van der Waals surface area contributed by atoms with E-state index in [-0.39, 0.29) is 19.5 Å². The molecule has 0 aliphatic rings. The van der Waals surface area contributed by atoms with Gasteiger partial charge in [-0.2, -0.15) is 52.7 Å². The van der Waals surface area contributed by atoms with Crippen LogP contribution in [0.25, 0.3) is 0 Å². The smallest absolute Gasteiger partial charge is 0.431 e. The van der Waals surface area contributed by atoms with Crippen molar-refractivity contribution in [3.05, 3.63) is 5.21 Å². The molecule has 38 heavy (non-hydrogen) atoms. The zero-order valence-corrected chi connectivity index (χ0v) is 20.6. The molecule has 0 aromatic carbocycles. The quantitative estimate of drug-likeness (QED) is 0.111. The van der Waals surface area contributed by atoms with Crippen molar-refractivity contribution in [1.29, 1.82) is 0 Å². The third-order valence-corrected chi connectivity index (χ3v) is 6.88. The molecule has 0 saturated carbocycles. The zero-order chi connectivity index (χ0) is 30.6.